The van der Waals surface area contributed by atoms with Crippen molar-refractivity contribution in [2.24, 2.45) is 5.73 Å². The maximum absolute atomic E-state index is 6.49. The maximum atomic E-state index is 6.49. The van der Waals surface area contributed by atoms with E-state index in [0.717, 1.165) is 27.0 Å². The highest BCUT2D eigenvalue weighted by atomic mass is 35.5. The number of ether oxygens (including phenoxy) is 2. The molecule has 0 saturated carbocycles. The van der Waals surface area contributed by atoms with Crippen LogP contribution in [-0.2, 0) is 9.47 Å². The summed E-state index contributed by atoms with van der Waals surface area (Å²) < 4.78 is 16.2. The van der Waals surface area contributed by atoms with Gasteiger partial charge in [0, 0.05) is 11.5 Å². The summed E-state index contributed by atoms with van der Waals surface area (Å²) in [5, 5.41) is 3.37. The van der Waals surface area contributed by atoms with Gasteiger partial charge in [0.1, 0.15) is 16.6 Å². The van der Waals surface area contributed by atoms with Crippen molar-refractivity contribution < 1.29 is 9.47 Å². The van der Waals surface area contributed by atoms with E-state index >= 15 is 0 Å². The standard InChI is InChI=1S/C21H25Cl2N6O2PS/c1-12(30-2)8-17(31-3)18(23)14(9-22)26-27-15-10-33-20-19(15)32-28-21(20)29(11-24)16-7-5-4-6-13(16)25/h4-8,10,26-27,32H,1,9,11,24-25H2,2-3H3/b17-8+,18-14-. The number of allylic oxidation sites excluding steroid dienone is 3. The van der Waals surface area contributed by atoms with Gasteiger partial charge in [0.15, 0.2) is 5.82 Å². The number of anilines is 4. The van der Waals surface area contributed by atoms with Crippen LogP contribution in [0.5, 0.6) is 0 Å². The van der Waals surface area contributed by atoms with Crippen molar-refractivity contribution in [1.82, 2.24) is 10.2 Å². The number of benzene rings is 1. The molecule has 0 aliphatic heterocycles. The number of hydrazine groups is 1. The van der Waals surface area contributed by atoms with E-state index in [1.807, 2.05) is 34.5 Å². The first-order valence-electron chi connectivity index (χ1n) is 9.68. The van der Waals surface area contributed by atoms with Crippen molar-refractivity contribution in [3.63, 3.8) is 0 Å². The van der Waals surface area contributed by atoms with Crippen LogP contribution in [0.2, 0.25) is 0 Å². The molecule has 2 aromatic heterocycles. The smallest absolute Gasteiger partial charge is 0.156 e. The molecule has 0 saturated heterocycles. The van der Waals surface area contributed by atoms with E-state index in [9.17, 15) is 0 Å². The highest BCUT2D eigenvalue weighted by Crippen LogP contribution is 2.44. The molecule has 2 heterocycles. The summed E-state index contributed by atoms with van der Waals surface area (Å²) in [6.45, 7) is 4.00. The van der Waals surface area contributed by atoms with Gasteiger partial charge in [-0.15, -0.1) is 22.9 Å². The molecule has 1 unspecified atom stereocenters. The molecule has 3 aromatic rings. The van der Waals surface area contributed by atoms with Gasteiger partial charge in [-0.2, -0.15) is 0 Å². The molecule has 0 amide bonds. The van der Waals surface area contributed by atoms with Crippen molar-refractivity contribution >= 4 is 75.6 Å². The Morgan fingerprint density at radius 2 is 2.09 bits per heavy atom. The number of rotatable bonds is 11. The van der Waals surface area contributed by atoms with Crippen molar-refractivity contribution in [1.29, 1.82) is 0 Å². The number of halogens is 2. The van der Waals surface area contributed by atoms with Crippen LogP contribution < -0.4 is 27.2 Å². The first kappa shape index (κ1) is 25.1. The van der Waals surface area contributed by atoms with Gasteiger partial charge in [-0.3, -0.25) is 5.43 Å². The van der Waals surface area contributed by atoms with E-state index in [1.165, 1.54) is 14.2 Å². The number of nitrogens with one attached hydrogen (secondary N) is 2. The van der Waals surface area contributed by atoms with Gasteiger partial charge in [0.05, 0.1) is 59.3 Å². The topological polar surface area (TPSA) is 111 Å². The lowest BCUT2D eigenvalue weighted by Gasteiger charge is -2.22. The second-order valence-electron chi connectivity index (χ2n) is 6.63. The third-order valence-corrected chi connectivity index (χ3v) is 7.58. The lowest BCUT2D eigenvalue weighted by molar-refractivity contribution is 0.284. The van der Waals surface area contributed by atoms with Crippen LogP contribution in [0.1, 0.15) is 0 Å². The van der Waals surface area contributed by atoms with Gasteiger partial charge in [0.2, 0.25) is 0 Å². The molecule has 0 bridgehead atoms. The van der Waals surface area contributed by atoms with E-state index in [1.54, 1.807) is 17.4 Å². The summed E-state index contributed by atoms with van der Waals surface area (Å²) in [6.07, 6.45) is 1.58. The first-order valence-corrected chi connectivity index (χ1v) is 12.4. The quantitative estimate of drug-likeness (QED) is 0.0668. The normalized spacial score (nSPS) is 12.6. The summed E-state index contributed by atoms with van der Waals surface area (Å²) >= 11 is 14.2. The lowest BCUT2D eigenvalue weighted by atomic mass is 10.2. The summed E-state index contributed by atoms with van der Waals surface area (Å²) in [5.41, 5.74) is 21.4. The number of thiophene rings is 1. The molecular weight excluding hydrogens is 502 g/mol. The molecule has 0 spiro atoms. The van der Waals surface area contributed by atoms with E-state index in [-0.39, 0.29) is 20.9 Å². The highest BCUT2D eigenvalue weighted by molar-refractivity contribution is 7.37. The molecule has 0 aliphatic carbocycles. The molecule has 0 fully saturated rings. The zero-order valence-electron chi connectivity index (χ0n) is 18.1. The van der Waals surface area contributed by atoms with Crippen molar-refractivity contribution in [3.05, 3.63) is 64.5 Å². The summed E-state index contributed by atoms with van der Waals surface area (Å²) in [5.74, 6) is 1.69. The Morgan fingerprint density at radius 1 is 1.33 bits per heavy atom. The number of para-hydroxylation sites is 2. The van der Waals surface area contributed by atoms with Gasteiger partial charge >= 0.3 is 0 Å². The Bertz CT molecular complexity index is 1190. The molecule has 0 radical (unpaired) electrons. The number of nitrogens with zero attached hydrogens (tertiary/aromatic N) is 2. The number of hydrogen-bond donors (Lipinski definition) is 4. The minimum atomic E-state index is 0.122. The average molecular weight is 527 g/mol. The van der Waals surface area contributed by atoms with E-state index in [2.05, 4.69) is 17.4 Å². The molecule has 12 heteroatoms. The van der Waals surface area contributed by atoms with Crippen molar-refractivity contribution in [2.75, 3.05) is 42.8 Å². The van der Waals surface area contributed by atoms with Crippen LogP contribution in [-0.4, -0.2) is 31.5 Å². The molecule has 3 rings (SSSR count). The van der Waals surface area contributed by atoms with Crippen molar-refractivity contribution in [3.8, 4) is 0 Å². The van der Waals surface area contributed by atoms with Gasteiger partial charge < -0.3 is 31.3 Å². The summed E-state index contributed by atoms with van der Waals surface area (Å²) in [6, 6.07) is 7.58. The molecule has 8 nitrogen and oxygen atoms in total. The Hall–Kier alpha value is -2.55. The molecule has 1 atom stereocenters. The number of methoxy groups -OCH3 is 2. The third-order valence-electron chi connectivity index (χ3n) is 4.67. The van der Waals surface area contributed by atoms with Crippen molar-refractivity contribution in [2.45, 2.75) is 0 Å². The Labute approximate surface area is 207 Å². The van der Waals surface area contributed by atoms with Crippen LogP contribution in [0.4, 0.5) is 22.9 Å². The second kappa shape index (κ2) is 11.5. The summed E-state index contributed by atoms with van der Waals surface area (Å²) in [4.78, 5) is 1.92. The Kier molecular flexibility index (Phi) is 8.77. The molecule has 1 aromatic carbocycles. The number of aromatic nitrogens is 1. The van der Waals surface area contributed by atoms with Gasteiger partial charge in [0.25, 0.3) is 0 Å². The number of nitrogen functional groups attached to an aromatic ring is 1. The third kappa shape index (κ3) is 5.51. The fourth-order valence-corrected chi connectivity index (χ4v) is 5.79. The largest absolute Gasteiger partial charge is 0.497 e. The zero-order valence-corrected chi connectivity index (χ0v) is 21.4. The number of hydrogen-bond acceptors (Lipinski definition) is 9. The maximum Gasteiger partial charge on any atom is 0.156 e. The minimum Gasteiger partial charge on any atom is -0.497 e. The van der Waals surface area contributed by atoms with E-state index < -0.39 is 0 Å². The van der Waals surface area contributed by atoms with Crippen LogP contribution in [0, 0.1) is 0 Å². The Morgan fingerprint density at radius 3 is 2.73 bits per heavy atom. The monoisotopic (exact) mass is 526 g/mol. The van der Waals surface area contributed by atoms with E-state index in [0.29, 0.717) is 27.9 Å². The fraction of sp³-hybridized carbons (Fsp3) is 0.190. The van der Waals surface area contributed by atoms with Gasteiger partial charge in [-0.1, -0.05) is 30.3 Å². The predicted molar refractivity (Wildman–Crippen MR) is 143 cm³/mol. The van der Waals surface area contributed by atoms with Crippen LogP contribution in [0.15, 0.2) is 64.5 Å². The number of alkyl halides is 1. The Balaban J connectivity index is 1.86. The first-order chi connectivity index (χ1) is 15.9. The van der Waals surface area contributed by atoms with E-state index in [4.69, 9.17) is 48.9 Å². The molecule has 6 N–H and O–H groups in total. The van der Waals surface area contributed by atoms with Crippen LogP contribution in [0.25, 0.3) is 9.82 Å². The lowest BCUT2D eigenvalue weighted by Crippen LogP contribution is -2.25. The minimum absolute atomic E-state index is 0.122. The molecule has 0 aliphatic rings. The number of nitrogens with two attached hydrogens (primary N) is 2. The van der Waals surface area contributed by atoms with Gasteiger partial charge in [-0.25, -0.2) is 4.75 Å². The van der Waals surface area contributed by atoms with Gasteiger partial charge in [-0.05, 0) is 20.5 Å². The molecular formula is C21H25Cl2N6O2PS. The highest BCUT2D eigenvalue weighted by Gasteiger charge is 2.19. The molecule has 176 valence electrons. The SMILES string of the molecule is C=C(/C=C(OC)\C(Cl)=C(/CCl)NNc1csc2c(N(CN)c3ccccc3N)n[pH]c12)OC. The summed E-state index contributed by atoms with van der Waals surface area (Å²) in [7, 11) is 3.24. The average Bonchev–Trinajstić information content (AvgIpc) is 3.42. The number of fused-ring (bicyclic) bond motifs is 1. The zero-order chi connectivity index (χ0) is 24.0. The second-order valence-corrected chi connectivity index (χ2v) is 9.10. The van der Waals surface area contributed by atoms with Crippen LogP contribution in [0.3, 0.4) is 0 Å². The molecule has 33 heavy (non-hydrogen) atoms. The fourth-order valence-electron chi connectivity index (χ4n) is 2.96. The van der Waals surface area contributed by atoms with Crippen LogP contribution >= 0.6 is 42.9 Å². The predicted octanol–water partition coefficient (Wildman–Crippen LogP) is 5.26.